The predicted octanol–water partition coefficient (Wildman–Crippen LogP) is 2.20. The molecule has 1 atom stereocenters. The van der Waals surface area contributed by atoms with Gasteiger partial charge in [-0.15, -0.1) is 0 Å². The highest BCUT2D eigenvalue weighted by atomic mass is 32.2. The van der Waals surface area contributed by atoms with Crippen LogP contribution in [0.4, 0.5) is 11.6 Å². The van der Waals surface area contributed by atoms with Gasteiger partial charge in [0.15, 0.2) is 5.16 Å². The molecule has 1 unspecified atom stereocenters. The number of nitrogens with zero attached hydrogens (tertiary/aromatic N) is 2. The van der Waals surface area contributed by atoms with Crippen LogP contribution >= 0.6 is 11.8 Å². The van der Waals surface area contributed by atoms with Crippen LogP contribution in [0.3, 0.4) is 0 Å². The smallest absolute Gasteiger partial charge is 0.196 e. The van der Waals surface area contributed by atoms with Crippen LogP contribution in [-0.4, -0.2) is 9.97 Å². The largest absolute Gasteiger partial charge is 0.383 e. The number of nitrogens with two attached hydrogens (primary N) is 3. The topological polar surface area (TPSA) is 104 Å². The second-order valence-corrected chi connectivity index (χ2v) is 5.16. The number of aromatic nitrogens is 2. The van der Waals surface area contributed by atoms with Gasteiger partial charge in [0, 0.05) is 17.0 Å². The van der Waals surface area contributed by atoms with Crippen LogP contribution < -0.4 is 17.2 Å². The Balaban J connectivity index is 2.32. The summed E-state index contributed by atoms with van der Waals surface area (Å²) < 4.78 is 0. The summed E-state index contributed by atoms with van der Waals surface area (Å²) in [4.78, 5) is 9.36. The van der Waals surface area contributed by atoms with E-state index in [0.29, 0.717) is 16.8 Å². The Bertz CT molecular complexity index is 552. The average molecular weight is 275 g/mol. The van der Waals surface area contributed by atoms with Gasteiger partial charge in [0.1, 0.15) is 11.6 Å². The Kier molecular flexibility index (Phi) is 4.24. The lowest BCUT2D eigenvalue weighted by atomic mass is 10.1. The van der Waals surface area contributed by atoms with E-state index in [-0.39, 0.29) is 6.04 Å². The van der Waals surface area contributed by atoms with E-state index < -0.39 is 0 Å². The second kappa shape index (κ2) is 5.90. The minimum Gasteiger partial charge on any atom is -0.383 e. The van der Waals surface area contributed by atoms with E-state index in [1.165, 1.54) is 17.8 Å². The van der Waals surface area contributed by atoms with E-state index in [4.69, 9.17) is 17.2 Å². The third-order valence-corrected chi connectivity index (χ3v) is 3.66. The molecule has 0 saturated carbocycles. The first kappa shape index (κ1) is 13.6. The molecule has 0 fully saturated rings. The fourth-order valence-electron chi connectivity index (χ4n) is 1.71. The molecule has 1 heterocycles. The highest BCUT2D eigenvalue weighted by Crippen LogP contribution is 2.32. The van der Waals surface area contributed by atoms with Crippen molar-refractivity contribution in [3.63, 3.8) is 0 Å². The fourth-order valence-corrected chi connectivity index (χ4v) is 2.69. The average Bonchev–Trinajstić information content (AvgIpc) is 2.37. The fraction of sp³-hybridized carbons (Fsp3) is 0.231. The molecule has 6 N–H and O–H groups in total. The van der Waals surface area contributed by atoms with E-state index in [1.54, 1.807) is 0 Å². The summed E-state index contributed by atoms with van der Waals surface area (Å²) >= 11 is 1.42. The zero-order valence-corrected chi connectivity index (χ0v) is 11.5. The van der Waals surface area contributed by atoms with Crippen molar-refractivity contribution >= 4 is 23.4 Å². The minimum absolute atomic E-state index is 0.00195. The molecule has 0 bridgehead atoms. The van der Waals surface area contributed by atoms with Crippen molar-refractivity contribution in [2.75, 3.05) is 11.5 Å². The van der Waals surface area contributed by atoms with E-state index >= 15 is 0 Å². The molecule has 0 radical (unpaired) electrons. The van der Waals surface area contributed by atoms with Gasteiger partial charge in [-0.2, -0.15) is 0 Å². The maximum Gasteiger partial charge on any atom is 0.196 e. The summed E-state index contributed by atoms with van der Waals surface area (Å²) in [6.07, 6.45) is 0.873. The molecule has 2 aromatic rings. The molecule has 0 amide bonds. The molecular formula is C13H17N5S. The van der Waals surface area contributed by atoms with Gasteiger partial charge in [-0.1, -0.05) is 25.1 Å². The SMILES string of the molecule is CCC(N)c1ccccc1Sc1nc(N)cc(N)n1. The van der Waals surface area contributed by atoms with Crippen LogP contribution in [0.5, 0.6) is 0 Å². The monoisotopic (exact) mass is 275 g/mol. The van der Waals surface area contributed by atoms with Crippen molar-refractivity contribution in [3.8, 4) is 0 Å². The molecule has 19 heavy (non-hydrogen) atoms. The summed E-state index contributed by atoms with van der Waals surface area (Å²) in [5.41, 5.74) is 18.5. The van der Waals surface area contributed by atoms with Crippen LogP contribution in [0.2, 0.25) is 0 Å². The molecular weight excluding hydrogens is 258 g/mol. The Labute approximate surface area is 116 Å². The van der Waals surface area contributed by atoms with Crippen LogP contribution in [0.1, 0.15) is 24.9 Å². The number of hydrogen-bond acceptors (Lipinski definition) is 6. The van der Waals surface area contributed by atoms with E-state index in [1.807, 2.05) is 24.3 Å². The van der Waals surface area contributed by atoms with Gasteiger partial charge in [0.05, 0.1) is 0 Å². The number of anilines is 2. The molecule has 100 valence electrons. The molecule has 0 spiro atoms. The Morgan fingerprint density at radius 1 is 1.16 bits per heavy atom. The summed E-state index contributed by atoms with van der Waals surface area (Å²) in [5, 5.41) is 0.535. The van der Waals surface area contributed by atoms with Crippen molar-refractivity contribution in [1.82, 2.24) is 9.97 Å². The van der Waals surface area contributed by atoms with Gasteiger partial charge in [-0.05, 0) is 29.8 Å². The van der Waals surface area contributed by atoms with Crippen molar-refractivity contribution < 1.29 is 0 Å². The summed E-state index contributed by atoms with van der Waals surface area (Å²) in [7, 11) is 0. The molecule has 2 rings (SSSR count). The molecule has 0 aliphatic carbocycles. The Morgan fingerprint density at radius 2 is 1.79 bits per heavy atom. The third kappa shape index (κ3) is 3.36. The first-order chi connectivity index (χ1) is 9.10. The lowest BCUT2D eigenvalue weighted by Crippen LogP contribution is -2.09. The summed E-state index contributed by atoms with van der Waals surface area (Å²) in [6.45, 7) is 2.06. The Morgan fingerprint density at radius 3 is 2.42 bits per heavy atom. The lowest BCUT2D eigenvalue weighted by Gasteiger charge is -2.13. The van der Waals surface area contributed by atoms with Gasteiger partial charge >= 0.3 is 0 Å². The quantitative estimate of drug-likeness (QED) is 0.739. The van der Waals surface area contributed by atoms with Crippen molar-refractivity contribution in [2.24, 2.45) is 5.73 Å². The number of rotatable bonds is 4. The van der Waals surface area contributed by atoms with Crippen LogP contribution in [0.25, 0.3) is 0 Å². The van der Waals surface area contributed by atoms with Crippen LogP contribution in [-0.2, 0) is 0 Å². The molecule has 0 saturated heterocycles. The normalized spacial score (nSPS) is 12.3. The van der Waals surface area contributed by atoms with Crippen LogP contribution in [0.15, 0.2) is 40.4 Å². The second-order valence-electron chi connectivity index (χ2n) is 4.15. The number of hydrogen-bond donors (Lipinski definition) is 3. The maximum atomic E-state index is 6.10. The van der Waals surface area contributed by atoms with Crippen molar-refractivity contribution in [2.45, 2.75) is 29.4 Å². The number of nitrogen functional groups attached to an aromatic ring is 2. The molecule has 1 aromatic carbocycles. The maximum absolute atomic E-state index is 6.10. The highest BCUT2D eigenvalue weighted by Gasteiger charge is 2.11. The standard InChI is InChI=1S/C13H17N5S/c1-2-9(14)8-5-3-4-6-10(8)19-13-17-11(15)7-12(16)18-13/h3-7,9H,2,14H2,1H3,(H4,15,16,17,18). The van der Waals surface area contributed by atoms with E-state index in [2.05, 4.69) is 16.9 Å². The third-order valence-electron chi connectivity index (χ3n) is 2.70. The molecule has 6 heteroatoms. The molecule has 0 aliphatic rings. The first-order valence-electron chi connectivity index (χ1n) is 6.02. The van der Waals surface area contributed by atoms with Gasteiger partial charge in [0.25, 0.3) is 0 Å². The number of benzene rings is 1. The summed E-state index contributed by atoms with van der Waals surface area (Å²) in [5.74, 6) is 0.736. The minimum atomic E-state index is 0.00195. The van der Waals surface area contributed by atoms with Gasteiger partial charge in [0.2, 0.25) is 0 Å². The molecule has 1 aromatic heterocycles. The van der Waals surface area contributed by atoms with E-state index in [0.717, 1.165) is 16.9 Å². The molecule has 5 nitrogen and oxygen atoms in total. The van der Waals surface area contributed by atoms with Gasteiger partial charge in [-0.3, -0.25) is 0 Å². The summed E-state index contributed by atoms with van der Waals surface area (Å²) in [6, 6.07) is 9.49. The van der Waals surface area contributed by atoms with Crippen LogP contribution in [0, 0.1) is 0 Å². The van der Waals surface area contributed by atoms with E-state index in [9.17, 15) is 0 Å². The lowest BCUT2D eigenvalue weighted by molar-refractivity contribution is 0.685. The first-order valence-corrected chi connectivity index (χ1v) is 6.84. The van der Waals surface area contributed by atoms with Crippen molar-refractivity contribution in [3.05, 3.63) is 35.9 Å². The predicted molar refractivity (Wildman–Crippen MR) is 78.6 cm³/mol. The highest BCUT2D eigenvalue weighted by molar-refractivity contribution is 7.99. The molecule has 0 aliphatic heterocycles. The van der Waals surface area contributed by atoms with Gasteiger partial charge in [-0.25, -0.2) is 9.97 Å². The Hall–Kier alpha value is -1.79. The zero-order valence-electron chi connectivity index (χ0n) is 10.7. The zero-order chi connectivity index (χ0) is 13.8. The van der Waals surface area contributed by atoms with Gasteiger partial charge < -0.3 is 17.2 Å². The van der Waals surface area contributed by atoms with Crippen molar-refractivity contribution in [1.29, 1.82) is 0 Å².